The van der Waals surface area contributed by atoms with Crippen molar-refractivity contribution in [3.8, 4) is 5.75 Å². The first-order valence-electron chi connectivity index (χ1n) is 9.08. The number of ether oxygens (including phenoxy) is 2. The Morgan fingerprint density at radius 2 is 1.93 bits per heavy atom. The lowest BCUT2D eigenvalue weighted by Gasteiger charge is -2.26. The zero-order chi connectivity index (χ0) is 21.1. The van der Waals surface area contributed by atoms with Gasteiger partial charge in [0.05, 0.1) is 16.1 Å². The largest absolute Gasteiger partial charge is 0.485 e. The van der Waals surface area contributed by atoms with E-state index in [1.165, 1.54) is 16.2 Å². The van der Waals surface area contributed by atoms with Crippen molar-refractivity contribution in [3.63, 3.8) is 0 Å². The van der Waals surface area contributed by atoms with Gasteiger partial charge in [-0.3, -0.25) is 4.90 Å². The minimum absolute atomic E-state index is 0.252. The Hall–Kier alpha value is -2.54. The van der Waals surface area contributed by atoms with E-state index < -0.39 is 17.7 Å². The van der Waals surface area contributed by atoms with Crippen LogP contribution in [0.25, 0.3) is 0 Å². The molecule has 6 nitrogen and oxygen atoms in total. The molecule has 1 N–H and O–H groups in total. The predicted molar refractivity (Wildman–Crippen MR) is 111 cm³/mol. The van der Waals surface area contributed by atoms with Gasteiger partial charge in [-0.15, -0.1) is 11.3 Å². The van der Waals surface area contributed by atoms with Gasteiger partial charge in [0.1, 0.15) is 17.5 Å². The molecule has 0 bridgehead atoms. The molecule has 0 radical (unpaired) electrons. The Bertz CT molecular complexity index is 853. The molecule has 0 aliphatic carbocycles. The van der Waals surface area contributed by atoms with Crippen LogP contribution in [0.1, 0.15) is 61.0 Å². The van der Waals surface area contributed by atoms with Gasteiger partial charge in [-0.1, -0.05) is 6.92 Å². The Morgan fingerprint density at radius 3 is 2.46 bits per heavy atom. The number of aromatic carboxylic acids is 1. The summed E-state index contributed by atoms with van der Waals surface area (Å²) in [5.74, 6) is -0.371. The third-order valence-electron chi connectivity index (χ3n) is 4.07. The van der Waals surface area contributed by atoms with E-state index in [-0.39, 0.29) is 11.7 Å². The van der Waals surface area contributed by atoms with E-state index in [1.807, 2.05) is 39.1 Å². The summed E-state index contributed by atoms with van der Waals surface area (Å²) in [4.78, 5) is 26.0. The molecule has 1 amide bonds. The zero-order valence-corrected chi connectivity index (χ0v) is 17.9. The number of anilines is 1. The predicted octanol–water partition coefficient (Wildman–Crippen LogP) is 5.66. The number of carbonyl (C=O) groups excluding carboxylic acids is 1. The zero-order valence-electron chi connectivity index (χ0n) is 17.1. The average molecular weight is 406 g/mol. The number of hydrogen-bond donors (Lipinski definition) is 1. The lowest BCUT2D eigenvalue weighted by Crippen LogP contribution is -2.34. The third-order valence-corrected chi connectivity index (χ3v) is 5.07. The van der Waals surface area contributed by atoms with E-state index >= 15 is 0 Å². The molecule has 28 heavy (non-hydrogen) atoms. The van der Waals surface area contributed by atoms with Crippen LogP contribution in [0.3, 0.4) is 0 Å². The van der Waals surface area contributed by atoms with Gasteiger partial charge < -0.3 is 14.6 Å². The van der Waals surface area contributed by atoms with Crippen LogP contribution in [-0.2, 0) is 4.74 Å². The molecular weight excluding hydrogens is 378 g/mol. The van der Waals surface area contributed by atoms with Crippen molar-refractivity contribution < 1.29 is 24.2 Å². The number of carbonyl (C=O) groups is 2. The Labute approximate surface area is 169 Å². The fourth-order valence-corrected chi connectivity index (χ4v) is 3.73. The first-order chi connectivity index (χ1) is 13.0. The van der Waals surface area contributed by atoms with E-state index in [9.17, 15) is 14.7 Å². The smallest absolute Gasteiger partial charge is 0.414 e. The molecule has 0 spiro atoms. The SMILES string of the molecule is CCC(Oc1ccc(C(=O)O)c(C)c1)c1sccc1N(C)C(=O)OC(C)(C)C. The van der Waals surface area contributed by atoms with Crippen LogP contribution in [0.2, 0.25) is 0 Å². The second-order valence-corrected chi connectivity index (χ2v) is 8.45. The summed E-state index contributed by atoms with van der Waals surface area (Å²) in [5.41, 5.74) is 1.05. The van der Waals surface area contributed by atoms with E-state index in [4.69, 9.17) is 9.47 Å². The third kappa shape index (κ3) is 5.25. The molecule has 0 saturated carbocycles. The van der Waals surface area contributed by atoms with E-state index in [0.717, 1.165) is 10.6 Å². The number of aryl methyl sites for hydroxylation is 1. The maximum Gasteiger partial charge on any atom is 0.414 e. The number of rotatable bonds is 6. The minimum Gasteiger partial charge on any atom is -0.485 e. The molecule has 0 aliphatic rings. The average Bonchev–Trinajstić information content (AvgIpc) is 3.06. The van der Waals surface area contributed by atoms with Crippen molar-refractivity contribution in [2.24, 2.45) is 0 Å². The van der Waals surface area contributed by atoms with E-state index in [2.05, 4.69) is 0 Å². The monoisotopic (exact) mass is 405 g/mol. The van der Waals surface area contributed by atoms with Crippen LogP contribution < -0.4 is 9.64 Å². The molecule has 1 unspecified atom stereocenters. The molecule has 1 aromatic carbocycles. The minimum atomic E-state index is -0.962. The number of carboxylic acid groups (broad SMARTS) is 1. The van der Waals surface area contributed by atoms with Crippen molar-refractivity contribution in [1.29, 1.82) is 0 Å². The van der Waals surface area contributed by atoms with Gasteiger partial charge >= 0.3 is 12.1 Å². The number of amides is 1. The number of hydrogen-bond acceptors (Lipinski definition) is 5. The highest BCUT2D eigenvalue weighted by Gasteiger charge is 2.26. The van der Waals surface area contributed by atoms with Crippen molar-refractivity contribution in [3.05, 3.63) is 45.6 Å². The fourth-order valence-electron chi connectivity index (χ4n) is 2.70. The molecule has 152 valence electrons. The van der Waals surface area contributed by atoms with Crippen LogP contribution in [-0.4, -0.2) is 29.8 Å². The molecule has 1 atom stereocenters. The summed E-state index contributed by atoms with van der Waals surface area (Å²) in [6.07, 6.45) is -0.00584. The Balaban J connectivity index is 2.24. The van der Waals surface area contributed by atoms with E-state index in [0.29, 0.717) is 17.7 Å². The highest BCUT2D eigenvalue weighted by molar-refractivity contribution is 7.10. The van der Waals surface area contributed by atoms with Gasteiger partial charge in [0, 0.05) is 7.05 Å². The van der Waals surface area contributed by atoms with Crippen molar-refractivity contribution in [1.82, 2.24) is 0 Å². The van der Waals surface area contributed by atoms with Crippen LogP contribution in [0, 0.1) is 6.92 Å². The molecule has 1 heterocycles. The highest BCUT2D eigenvalue weighted by Crippen LogP contribution is 2.37. The number of benzene rings is 1. The van der Waals surface area contributed by atoms with Crippen LogP contribution >= 0.6 is 11.3 Å². The maximum absolute atomic E-state index is 12.4. The summed E-state index contributed by atoms with van der Waals surface area (Å²) in [6.45, 7) is 9.22. The number of thiophene rings is 1. The summed E-state index contributed by atoms with van der Waals surface area (Å²) < 4.78 is 11.6. The maximum atomic E-state index is 12.4. The molecule has 0 saturated heterocycles. The van der Waals surface area contributed by atoms with Crippen LogP contribution in [0.5, 0.6) is 5.75 Å². The quantitative estimate of drug-likeness (QED) is 0.671. The van der Waals surface area contributed by atoms with Crippen molar-refractivity contribution in [2.45, 2.75) is 52.7 Å². The Kier molecular flexibility index (Phi) is 6.72. The molecule has 2 aromatic rings. The molecule has 2 rings (SSSR count). The number of nitrogens with zero attached hydrogens (tertiary/aromatic N) is 1. The van der Waals surface area contributed by atoms with Crippen LogP contribution in [0.4, 0.5) is 10.5 Å². The molecule has 0 aliphatic heterocycles. The number of carboxylic acids is 1. The first-order valence-corrected chi connectivity index (χ1v) is 9.96. The topological polar surface area (TPSA) is 76.1 Å². The summed E-state index contributed by atoms with van der Waals surface area (Å²) in [5, 5.41) is 11.1. The molecule has 1 aromatic heterocycles. The summed E-state index contributed by atoms with van der Waals surface area (Å²) in [6, 6.07) is 6.79. The van der Waals surface area contributed by atoms with Crippen molar-refractivity contribution in [2.75, 3.05) is 11.9 Å². The van der Waals surface area contributed by atoms with Crippen molar-refractivity contribution >= 4 is 29.1 Å². The molecule has 0 fully saturated rings. The second kappa shape index (κ2) is 8.65. The van der Waals surface area contributed by atoms with Gasteiger partial charge in [-0.2, -0.15) is 0 Å². The standard InChI is InChI=1S/C21H27NO5S/c1-7-17(26-14-8-9-15(19(23)24)13(2)12-14)18-16(10-11-28-18)22(6)20(25)27-21(3,4)5/h8-12,17H,7H2,1-6H3,(H,23,24). The summed E-state index contributed by atoms with van der Waals surface area (Å²) in [7, 11) is 1.68. The van der Waals surface area contributed by atoms with Gasteiger partial charge in [0.15, 0.2) is 0 Å². The fraction of sp³-hybridized carbons (Fsp3) is 0.429. The Morgan fingerprint density at radius 1 is 1.25 bits per heavy atom. The second-order valence-electron chi connectivity index (χ2n) is 7.51. The first kappa shape index (κ1) is 21.8. The lowest BCUT2D eigenvalue weighted by molar-refractivity contribution is 0.0588. The van der Waals surface area contributed by atoms with Crippen LogP contribution in [0.15, 0.2) is 29.6 Å². The van der Waals surface area contributed by atoms with E-state index in [1.54, 1.807) is 32.2 Å². The van der Waals surface area contributed by atoms with Gasteiger partial charge in [-0.25, -0.2) is 9.59 Å². The normalized spacial score (nSPS) is 12.4. The molecule has 7 heteroatoms. The van der Waals surface area contributed by atoms with Gasteiger partial charge in [0.2, 0.25) is 0 Å². The van der Waals surface area contributed by atoms with Gasteiger partial charge in [-0.05, 0) is 69.3 Å². The lowest BCUT2D eigenvalue weighted by atomic mass is 10.1. The van der Waals surface area contributed by atoms with Gasteiger partial charge in [0.25, 0.3) is 0 Å². The highest BCUT2D eigenvalue weighted by atomic mass is 32.1. The summed E-state index contributed by atoms with van der Waals surface area (Å²) >= 11 is 1.51. The molecular formula is C21H27NO5S.